The Balaban J connectivity index is 1.74. The van der Waals surface area contributed by atoms with Gasteiger partial charge in [0, 0.05) is 46.9 Å². The van der Waals surface area contributed by atoms with E-state index in [9.17, 15) is 0 Å². The minimum Gasteiger partial charge on any atom is -0.367 e. The third-order valence-corrected chi connectivity index (χ3v) is 5.06. The van der Waals surface area contributed by atoms with Crippen LogP contribution in [0.1, 0.15) is 16.8 Å². The molecule has 0 radical (unpaired) electrons. The first-order chi connectivity index (χ1) is 11.7. The molecule has 0 aliphatic carbocycles. The van der Waals surface area contributed by atoms with Crippen LogP contribution in [-0.4, -0.2) is 11.5 Å². The van der Waals surface area contributed by atoms with Crippen molar-refractivity contribution in [2.24, 2.45) is 0 Å². The molecule has 2 aromatic carbocycles. The van der Waals surface area contributed by atoms with Crippen molar-refractivity contribution in [3.63, 3.8) is 0 Å². The number of aromatic nitrogens is 1. The number of fused-ring (bicyclic) bond motifs is 2. The van der Waals surface area contributed by atoms with Crippen LogP contribution in [0.5, 0.6) is 0 Å². The molecule has 24 heavy (non-hydrogen) atoms. The molecule has 0 N–H and O–H groups in total. The third-order valence-electron chi connectivity index (χ3n) is 4.39. The number of pyridine rings is 1. The fraction of sp³-hybridized carbons (Fsp3) is 0.158. The molecule has 0 unspecified atom stereocenters. The Labute approximate surface area is 150 Å². The van der Waals surface area contributed by atoms with Crippen molar-refractivity contribution in [3.05, 3.63) is 69.3 Å². The van der Waals surface area contributed by atoms with E-state index in [1.54, 1.807) is 0 Å². The van der Waals surface area contributed by atoms with Gasteiger partial charge in [-0.15, -0.1) is 0 Å². The standard InChI is InChI=1S/C19H13Cl2N3/c20-13-3-6-15-18(9-13)23-17-7-8-24(11-16(17)19(15)21)14-4-1-12(10-22)2-5-14/h1-6,9H,7-8,11H2. The molecule has 0 spiro atoms. The summed E-state index contributed by atoms with van der Waals surface area (Å²) in [5, 5.41) is 11.3. The molecule has 0 bridgehead atoms. The summed E-state index contributed by atoms with van der Waals surface area (Å²) in [7, 11) is 0. The second kappa shape index (κ2) is 5.98. The van der Waals surface area contributed by atoms with E-state index in [1.165, 1.54) is 0 Å². The fourth-order valence-electron chi connectivity index (χ4n) is 3.13. The predicted octanol–water partition coefficient (Wildman–Crippen LogP) is 4.98. The average molecular weight is 354 g/mol. The lowest BCUT2D eigenvalue weighted by atomic mass is 10.0. The maximum atomic E-state index is 8.93. The summed E-state index contributed by atoms with van der Waals surface area (Å²) in [5.74, 6) is 0. The highest BCUT2D eigenvalue weighted by Crippen LogP contribution is 2.34. The van der Waals surface area contributed by atoms with Gasteiger partial charge in [-0.1, -0.05) is 23.2 Å². The molecule has 0 fully saturated rings. The van der Waals surface area contributed by atoms with Gasteiger partial charge in [0.25, 0.3) is 0 Å². The van der Waals surface area contributed by atoms with Gasteiger partial charge in [-0.2, -0.15) is 5.26 Å². The van der Waals surface area contributed by atoms with Gasteiger partial charge in [0.2, 0.25) is 0 Å². The van der Waals surface area contributed by atoms with Crippen molar-refractivity contribution in [2.75, 3.05) is 11.4 Å². The molecule has 1 aliphatic rings. The van der Waals surface area contributed by atoms with Gasteiger partial charge < -0.3 is 4.90 Å². The highest BCUT2D eigenvalue weighted by molar-refractivity contribution is 6.37. The molecule has 0 atom stereocenters. The summed E-state index contributed by atoms with van der Waals surface area (Å²) in [4.78, 5) is 7.02. The highest BCUT2D eigenvalue weighted by atomic mass is 35.5. The molecular weight excluding hydrogens is 341 g/mol. The van der Waals surface area contributed by atoms with E-state index < -0.39 is 0 Å². The van der Waals surface area contributed by atoms with E-state index in [1.807, 2.05) is 42.5 Å². The van der Waals surface area contributed by atoms with E-state index in [0.29, 0.717) is 17.1 Å². The molecule has 3 nitrogen and oxygen atoms in total. The lowest BCUT2D eigenvalue weighted by Gasteiger charge is -2.31. The van der Waals surface area contributed by atoms with Gasteiger partial charge in [0.15, 0.2) is 0 Å². The van der Waals surface area contributed by atoms with Crippen molar-refractivity contribution in [1.29, 1.82) is 5.26 Å². The van der Waals surface area contributed by atoms with Crippen LogP contribution in [0.15, 0.2) is 42.5 Å². The summed E-state index contributed by atoms with van der Waals surface area (Å²) < 4.78 is 0. The molecule has 0 amide bonds. The Hall–Kier alpha value is -2.28. The van der Waals surface area contributed by atoms with Crippen molar-refractivity contribution < 1.29 is 0 Å². The SMILES string of the molecule is N#Cc1ccc(N2CCc3nc4cc(Cl)ccc4c(Cl)c3C2)cc1. The summed E-state index contributed by atoms with van der Waals surface area (Å²) in [6.45, 7) is 1.58. The Kier molecular flexibility index (Phi) is 3.80. The van der Waals surface area contributed by atoms with Crippen molar-refractivity contribution in [2.45, 2.75) is 13.0 Å². The predicted molar refractivity (Wildman–Crippen MR) is 97.7 cm³/mol. The van der Waals surface area contributed by atoms with Crippen molar-refractivity contribution >= 4 is 39.8 Å². The van der Waals surface area contributed by atoms with E-state index in [0.717, 1.165) is 45.8 Å². The highest BCUT2D eigenvalue weighted by Gasteiger charge is 2.22. The molecule has 1 aromatic heterocycles. The number of anilines is 1. The van der Waals surface area contributed by atoms with Gasteiger partial charge >= 0.3 is 0 Å². The maximum absolute atomic E-state index is 8.93. The van der Waals surface area contributed by atoms with Crippen LogP contribution in [-0.2, 0) is 13.0 Å². The zero-order valence-corrected chi connectivity index (χ0v) is 14.3. The van der Waals surface area contributed by atoms with Gasteiger partial charge in [-0.05, 0) is 42.5 Å². The third kappa shape index (κ3) is 2.58. The smallest absolute Gasteiger partial charge is 0.0991 e. The molecule has 0 saturated carbocycles. The lowest BCUT2D eigenvalue weighted by molar-refractivity contribution is 0.716. The van der Waals surface area contributed by atoms with Crippen LogP contribution < -0.4 is 4.90 Å². The first-order valence-corrected chi connectivity index (χ1v) is 8.43. The van der Waals surface area contributed by atoms with E-state index in [2.05, 4.69) is 11.0 Å². The number of hydrogen-bond acceptors (Lipinski definition) is 3. The Bertz CT molecular complexity index is 975. The van der Waals surface area contributed by atoms with Gasteiger partial charge in [-0.3, -0.25) is 4.98 Å². The Morgan fingerprint density at radius 2 is 1.88 bits per heavy atom. The summed E-state index contributed by atoms with van der Waals surface area (Å²) in [5.41, 5.74) is 4.71. The number of nitriles is 1. The maximum Gasteiger partial charge on any atom is 0.0991 e. The van der Waals surface area contributed by atoms with Crippen LogP contribution in [0.4, 0.5) is 5.69 Å². The minimum absolute atomic E-state index is 0.665. The van der Waals surface area contributed by atoms with Crippen LogP contribution in [0, 0.1) is 11.3 Å². The summed E-state index contributed by atoms with van der Waals surface area (Å²) >= 11 is 12.7. The summed E-state index contributed by atoms with van der Waals surface area (Å²) in [6.07, 6.45) is 0.831. The number of hydrogen-bond donors (Lipinski definition) is 0. The van der Waals surface area contributed by atoms with Crippen LogP contribution in [0.3, 0.4) is 0 Å². The topological polar surface area (TPSA) is 39.9 Å². The van der Waals surface area contributed by atoms with E-state index in [-0.39, 0.29) is 0 Å². The molecule has 5 heteroatoms. The fourth-order valence-corrected chi connectivity index (χ4v) is 3.63. The molecule has 3 aromatic rings. The first-order valence-electron chi connectivity index (χ1n) is 7.67. The zero-order chi connectivity index (χ0) is 16.7. The molecule has 4 rings (SSSR count). The molecule has 118 valence electrons. The quantitative estimate of drug-likeness (QED) is 0.619. The zero-order valence-electron chi connectivity index (χ0n) is 12.8. The molecule has 2 heterocycles. The van der Waals surface area contributed by atoms with Crippen molar-refractivity contribution in [3.8, 4) is 6.07 Å². The Morgan fingerprint density at radius 3 is 2.62 bits per heavy atom. The Morgan fingerprint density at radius 1 is 1.08 bits per heavy atom. The molecular formula is C19H13Cl2N3. The van der Waals surface area contributed by atoms with Crippen LogP contribution >= 0.6 is 23.2 Å². The molecule has 0 saturated heterocycles. The minimum atomic E-state index is 0.665. The number of rotatable bonds is 1. The normalized spacial score (nSPS) is 13.6. The monoisotopic (exact) mass is 353 g/mol. The largest absolute Gasteiger partial charge is 0.367 e. The number of halogens is 2. The number of benzene rings is 2. The van der Waals surface area contributed by atoms with E-state index >= 15 is 0 Å². The van der Waals surface area contributed by atoms with Crippen LogP contribution in [0.2, 0.25) is 10.0 Å². The first kappa shape index (κ1) is 15.3. The summed E-state index contributed by atoms with van der Waals surface area (Å²) in [6, 6.07) is 15.4. The lowest BCUT2D eigenvalue weighted by Crippen LogP contribution is -2.31. The molecule has 1 aliphatic heterocycles. The van der Waals surface area contributed by atoms with E-state index in [4.69, 9.17) is 33.4 Å². The average Bonchev–Trinajstić information content (AvgIpc) is 2.61. The van der Waals surface area contributed by atoms with Gasteiger partial charge in [0.05, 0.1) is 22.2 Å². The second-order valence-corrected chi connectivity index (χ2v) is 6.66. The van der Waals surface area contributed by atoms with Crippen LogP contribution in [0.25, 0.3) is 10.9 Å². The van der Waals surface area contributed by atoms with Gasteiger partial charge in [0.1, 0.15) is 0 Å². The van der Waals surface area contributed by atoms with Gasteiger partial charge in [-0.25, -0.2) is 0 Å². The van der Waals surface area contributed by atoms with Crippen molar-refractivity contribution in [1.82, 2.24) is 4.98 Å². The number of nitrogens with zero attached hydrogens (tertiary/aromatic N) is 3. The second-order valence-electron chi connectivity index (χ2n) is 5.84.